The third-order valence-electron chi connectivity index (χ3n) is 3.99. The summed E-state index contributed by atoms with van der Waals surface area (Å²) in [7, 11) is 0. The van der Waals surface area contributed by atoms with Crippen LogP contribution in [0.4, 0.5) is 0 Å². The van der Waals surface area contributed by atoms with Crippen molar-refractivity contribution in [2.24, 2.45) is 0 Å². The summed E-state index contributed by atoms with van der Waals surface area (Å²) < 4.78 is 6.32. The number of hydrogen-bond acceptors (Lipinski definition) is 7. The lowest BCUT2D eigenvalue weighted by Crippen LogP contribution is -2.26. The third kappa shape index (κ3) is 3.98. The van der Waals surface area contributed by atoms with Crippen LogP contribution < -0.4 is 5.56 Å². The Bertz CT molecular complexity index is 952. The zero-order valence-corrected chi connectivity index (χ0v) is 14.7. The Labute approximate surface area is 153 Å². The molecule has 3 rings (SSSR count). The number of nitrogens with zero attached hydrogens (tertiary/aromatic N) is 4. The number of aliphatic hydroxyl groups is 2. The van der Waals surface area contributed by atoms with Gasteiger partial charge in [0.2, 0.25) is 5.89 Å². The van der Waals surface area contributed by atoms with Gasteiger partial charge in [-0.1, -0.05) is 28.9 Å². The van der Waals surface area contributed by atoms with Crippen LogP contribution in [0.2, 0.25) is 5.02 Å². The van der Waals surface area contributed by atoms with Crippen molar-refractivity contribution in [1.29, 1.82) is 0 Å². The van der Waals surface area contributed by atoms with Crippen LogP contribution in [0.15, 0.2) is 39.8 Å². The van der Waals surface area contributed by atoms with Crippen LogP contribution >= 0.6 is 11.6 Å². The van der Waals surface area contributed by atoms with Crippen LogP contribution in [-0.2, 0) is 19.6 Å². The molecule has 0 spiro atoms. The molecule has 136 valence electrons. The maximum atomic E-state index is 12.2. The van der Waals surface area contributed by atoms with Crippen molar-refractivity contribution in [1.82, 2.24) is 19.9 Å². The van der Waals surface area contributed by atoms with Gasteiger partial charge in [-0.2, -0.15) is 10.1 Å². The van der Waals surface area contributed by atoms with Crippen LogP contribution in [-0.4, -0.2) is 30.1 Å². The SMILES string of the molecule is Cc1c(CO)cnn(Cc2nc(C[C@H](O)c3ccc(Cl)cc3)no2)c1=O. The molecule has 2 N–H and O–H groups in total. The molecule has 0 aliphatic carbocycles. The molecule has 0 unspecified atom stereocenters. The first-order chi connectivity index (χ1) is 12.5. The molecule has 0 saturated heterocycles. The van der Waals surface area contributed by atoms with Crippen molar-refractivity contribution in [3.8, 4) is 0 Å². The van der Waals surface area contributed by atoms with E-state index < -0.39 is 6.10 Å². The first-order valence-electron chi connectivity index (χ1n) is 7.89. The predicted octanol–water partition coefficient (Wildman–Crippen LogP) is 1.40. The van der Waals surface area contributed by atoms with E-state index in [0.29, 0.717) is 27.5 Å². The standard InChI is InChI=1S/C17H17ClN4O4/c1-10-12(9-23)7-19-22(17(10)25)8-16-20-15(21-26-16)6-14(24)11-2-4-13(18)5-3-11/h2-5,7,14,23-24H,6,8-9H2,1H3/t14-/m0/s1. The number of benzene rings is 1. The summed E-state index contributed by atoms with van der Waals surface area (Å²) in [6.07, 6.45) is 0.790. The van der Waals surface area contributed by atoms with Crippen LogP contribution in [0.3, 0.4) is 0 Å². The highest BCUT2D eigenvalue weighted by atomic mass is 35.5. The smallest absolute Gasteiger partial charge is 0.270 e. The normalized spacial score (nSPS) is 12.3. The number of aromatic nitrogens is 4. The molecule has 0 saturated carbocycles. The molecule has 1 atom stereocenters. The van der Waals surface area contributed by atoms with E-state index in [9.17, 15) is 9.90 Å². The van der Waals surface area contributed by atoms with E-state index in [1.165, 1.54) is 10.9 Å². The van der Waals surface area contributed by atoms with E-state index in [0.717, 1.165) is 0 Å². The van der Waals surface area contributed by atoms with E-state index in [1.54, 1.807) is 31.2 Å². The van der Waals surface area contributed by atoms with Gasteiger partial charge in [0.15, 0.2) is 5.82 Å². The van der Waals surface area contributed by atoms with Gasteiger partial charge in [-0.3, -0.25) is 4.79 Å². The quantitative estimate of drug-likeness (QED) is 0.668. The van der Waals surface area contributed by atoms with Gasteiger partial charge in [0.05, 0.1) is 18.9 Å². The first kappa shape index (κ1) is 18.2. The molecule has 3 aromatic rings. The summed E-state index contributed by atoms with van der Waals surface area (Å²) in [5.41, 5.74) is 1.25. The molecule has 26 heavy (non-hydrogen) atoms. The van der Waals surface area contributed by atoms with E-state index in [2.05, 4.69) is 15.2 Å². The second kappa shape index (κ2) is 7.77. The van der Waals surface area contributed by atoms with Gasteiger partial charge in [0.25, 0.3) is 5.56 Å². The molecule has 0 amide bonds. The summed E-state index contributed by atoms with van der Waals surface area (Å²) in [5.74, 6) is 0.522. The van der Waals surface area contributed by atoms with Crippen molar-refractivity contribution >= 4 is 11.6 Å². The topological polar surface area (TPSA) is 114 Å². The zero-order valence-electron chi connectivity index (χ0n) is 14.0. The van der Waals surface area contributed by atoms with Crippen molar-refractivity contribution in [2.75, 3.05) is 0 Å². The van der Waals surface area contributed by atoms with Gasteiger partial charge in [-0.15, -0.1) is 0 Å². The maximum Gasteiger partial charge on any atom is 0.270 e. The molecular weight excluding hydrogens is 360 g/mol. The van der Waals surface area contributed by atoms with Gasteiger partial charge < -0.3 is 14.7 Å². The lowest BCUT2D eigenvalue weighted by Gasteiger charge is -2.08. The summed E-state index contributed by atoms with van der Waals surface area (Å²) in [6, 6.07) is 6.84. The molecule has 0 radical (unpaired) electrons. The van der Waals surface area contributed by atoms with Crippen molar-refractivity contribution in [3.63, 3.8) is 0 Å². The first-order valence-corrected chi connectivity index (χ1v) is 8.27. The van der Waals surface area contributed by atoms with E-state index in [-0.39, 0.29) is 31.0 Å². The Morgan fingerprint density at radius 3 is 2.73 bits per heavy atom. The molecule has 0 aliphatic rings. The van der Waals surface area contributed by atoms with Crippen LogP contribution in [0, 0.1) is 6.92 Å². The van der Waals surface area contributed by atoms with Crippen LogP contribution in [0.1, 0.15) is 34.5 Å². The minimum Gasteiger partial charge on any atom is -0.392 e. The minimum absolute atomic E-state index is 0.00935. The predicted molar refractivity (Wildman–Crippen MR) is 92.7 cm³/mol. The maximum absolute atomic E-state index is 12.2. The molecule has 2 heterocycles. The van der Waals surface area contributed by atoms with Crippen molar-refractivity contribution in [3.05, 3.63) is 74.2 Å². The summed E-state index contributed by atoms with van der Waals surface area (Å²) in [6.45, 7) is 1.38. The number of rotatable bonds is 6. The van der Waals surface area contributed by atoms with Crippen molar-refractivity contribution < 1.29 is 14.7 Å². The van der Waals surface area contributed by atoms with Gasteiger partial charge in [0.1, 0.15) is 6.54 Å². The second-order valence-electron chi connectivity index (χ2n) is 5.79. The summed E-state index contributed by atoms with van der Waals surface area (Å²) in [4.78, 5) is 16.4. The average Bonchev–Trinajstić information content (AvgIpc) is 3.06. The molecular formula is C17H17ClN4O4. The Morgan fingerprint density at radius 1 is 1.31 bits per heavy atom. The van der Waals surface area contributed by atoms with Gasteiger partial charge in [-0.25, -0.2) is 4.68 Å². The molecule has 0 bridgehead atoms. The summed E-state index contributed by atoms with van der Waals surface area (Å²) in [5, 5.41) is 27.8. The molecule has 1 aromatic carbocycles. The van der Waals surface area contributed by atoms with E-state index in [4.69, 9.17) is 21.2 Å². The fourth-order valence-electron chi connectivity index (χ4n) is 2.43. The molecule has 0 aliphatic heterocycles. The summed E-state index contributed by atoms with van der Waals surface area (Å²) >= 11 is 5.83. The van der Waals surface area contributed by atoms with Gasteiger partial charge >= 0.3 is 0 Å². The molecule has 8 nitrogen and oxygen atoms in total. The fraction of sp³-hybridized carbons (Fsp3) is 0.294. The monoisotopic (exact) mass is 376 g/mol. The van der Waals surface area contributed by atoms with Gasteiger partial charge in [0, 0.05) is 22.6 Å². The second-order valence-corrected chi connectivity index (χ2v) is 6.23. The average molecular weight is 377 g/mol. The number of hydrogen-bond donors (Lipinski definition) is 2. The van der Waals surface area contributed by atoms with Gasteiger partial charge in [-0.05, 0) is 24.6 Å². The number of halogens is 1. The zero-order chi connectivity index (χ0) is 18.7. The highest BCUT2D eigenvalue weighted by Crippen LogP contribution is 2.19. The Balaban J connectivity index is 1.71. The molecule has 0 fully saturated rings. The third-order valence-corrected chi connectivity index (χ3v) is 4.24. The Morgan fingerprint density at radius 2 is 2.04 bits per heavy atom. The van der Waals surface area contributed by atoms with Crippen LogP contribution in [0.5, 0.6) is 0 Å². The lowest BCUT2D eigenvalue weighted by molar-refractivity contribution is 0.174. The molecule has 2 aromatic heterocycles. The largest absolute Gasteiger partial charge is 0.392 e. The number of aliphatic hydroxyl groups excluding tert-OH is 2. The lowest BCUT2D eigenvalue weighted by atomic mass is 10.1. The minimum atomic E-state index is -0.801. The molecule has 9 heteroatoms. The Kier molecular flexibility index (Phi) is 5.46. The van der Waals surface area contributed by atoms with Crippen molar-refractivity contribution in [2.45, 2.75) is 32.6 Å². The van der Waals surface area contributed by atoms with Crippen LogP contribution in [0.25, 0.3) is 0 Å². The highest BCUT2D eigenvalue weighted by Gasteiger charge is 2.15. The van der Waals surface area contributed by atoms with E-state index in [1.807, 2.05) is 0 Å². The fourth-order valence-corrected chi connectivity index (χ4v) is 2.56. The van der Waals surface area contributed by atoms with E-state index >= 15 is 0 Å². The highest BCUT2D eigenvalue weighted by molar-refractivity contribution is 6.30. The Hall–Kier alpha value is -2.55.